The third kappa shape index (κ3) is 4.01. The summed E-state index contributed by atoms with van der Waals surface area (Å²) < 4.78 is 6.95. The fourth-order valence-corrected chi connectivity index (χ4v) is 2.44. The number of aryl methyl sites for hydroxylation is 3. The smallest absolute Gasteiger partial charge is 0.311 e. The molecule has 2 rings (SSSR count). The van der Waals surface area contributed by atoms with Crippen LogP contribution in [0.2, 0.25) is 0 Å². The van der Waals surface area contributed by atoms with Crippen LogP contribution in [0.1, 0.15) is 29.4 Å². The minimum atomic E-state index is -0.875. The molecule has 0 spiro atoms. The molecule has 24 heavy (non-hydrogen) atoms. The van der Waals surface area contributed by atoms with Crippen LogP contribution in [-0.4, -0.2) is 27.8 Å². The number of aromatic nitrogens is 2. The van der Waals surface area contributed by atoms with Gasteiger partial charge in [0.05, 0.1) is 23.5 Å². The van der Waals surface area contributed by atoms with Gasteiger partial charge in [0.2, 0.25) is 0 Å². The Morgan fingerprint density at radius 1 is 1.25 bits per heavy atom. The highest BCUT2D eigenvalue weighted by atomic mass is 16.5. The maximum absolute atomic E-state index is 12.3. The van der Waals surface area contributed by atoms with Crippen LogP contribution in [0.15, 0.2) is 24.3 Å². The molecule has 0 bridgehead atoms. The summed E-state index contributed by atoms with van der Waals surface area (Å²) in [5.74, 6) is -0.793. The first-order valence-electron chi connectivity index (χ1n) is 7.84. The van der Waals surface area contributed by atoms with Gasteiger partial charge in [0.25, 0.3) is 5.91 Å². The molecule has 128 valence electrons. The third-order valence-corrected chi connectivity index (χ3v) is 4.03. The Morgan fingerprint density at radius 2 is 1.92 bits per heavy atom. The van der Waals surface area contributed by atoms with Crippen molar-refractivity contribution in [1.82, 2.24) is 9.78 Å². The van der Waals surface area contributed by atoms with E-state index in [4.69, 9.17) is 4.74 Å². The summed E-state index contributed by atoms with van der Waals surface area (Å²) in [6, 6.07) is 7.61. The second-order valence-electron chi connectivity index (χ2n) is 5.89. The van der Waals surface area contributed by atoms with Crippen LogP contribution in [-0.2, 0) is 27.8 Å². The zero-order valence-electron chi connectivity index (χ0n) is 14.7. The van der Waals surface area contributed by atoms with Crippen molar-refractivity contribution in [2.45, 2.75) is 40.2 Å². The molecule has 1 heterocycles. The number of benzene rings is 1. The zero-order chi connectivity index (χ0) is 17.9. The van der Waals surface area contributed by atoms with Gasteiger partial charge in [0.1, 0.15) is 0 Å². The molecule has 2 aromatic rings. The summed E-state index contributed by atoms with van der Waals surface area (Å²) >= 11 is 0. The van der Waals surface area contributed by atoms with Crippen molar-refractivity contribution in [2.75, 3.05) is 5.32 Å². The number of hydrogen-bond donors (Lipinski definition) is 1. The van der Waals surface area contributed by atoms with Crippen LogP contribution in [0.25, 0.3) is 0 Å². The average Bonchev–Trinajstić information content (AvgIpc) is 2.75. The molecule has 0 saturated heterocycles. The van der Waals surface area contributed by atoms with Gasteiger partial charge in [-0.25, -0.2) is 0 Å². The molecular weight excluding hydrogens is 306 g/mol. The number of carbonyl (C=O) groups is 2. The number of esters is 1. The molecule has 0 aliphatic carbocycles. The fourth-order valence-electron chi connectivity index (χ4n) is 2.44. The van der Waals surface area contributed by atoms with Crippen molar-refractivity contribution < 1.29 is 14.3 Å². The van der Waals surface area contributed by atoms with Gasteiger partial charge in [-0.3, -0.25) is 14.3 Å². The van der Waals surface area contributed by atoms with Crippen molar-refractivity contribution in [2.24, 2.45) is 7.05 Å². The van der Waals surface area contributed by atoms with Crippen molar-refractivity contribution in [1.29, 1.82) is 0 Å². The molecule has 1 aromatic heterocycles. The van der Waals surface area contributed by atoms with E-state index in [2.05, 4.69) is 10.4 Å². The fraction of sp³-hybridized carbons (Fsp3) is 0.389. The lowest BCUT2D eigenvalue weighted by molar-refractivity contribution is -0.152. The maximum Gasteiger partial charge on any atom is 0.311 e. The zero-order valence-corrected chi connectivity index (χ0v) is 14.7. The summed E-state index contributed by atoms with van der Waals surface area (Å²) in [6.45, 7) is 7.18. The maximum atomic E-state index is 12.3. The van der Waals surface area contributed by atoms with Crippen LogP contribution < -0.4 is 5.32 Å². The number of anilines is 1. The molecule has 0 unspecified atom stereocenters. The van der Waals surface area contributed by atoms with E-state index < -0.39 is 12.1 Å². The van der Waals surface area contributed by atoms with E-state index in [1.807, 2.05) is 52.1 Å². The van der Waals surface area contributed by atoms with Gasteiger partial charge in [-0.2, -0.15) is 5.10 Å². The molecule has 1 amide bonds. The normalized spacial score (nSPS) is 11.9. The van der Waals surface area contributed by atoms with Crippen LogP contribution >= 0.6 is 0 Å². The SMILES string of the molecule is Cc1ccccc1CC(=O)O[C@H](C)C(=O)Nc1c(C)nn(C)c1C. The second-order valence-corrected chi connectivity index (χ2v) is 5.89. The van der Waals surface area contributed by atoms with Gasteiger partial charge in [0, 0.05) is 7.05 Å². The summed E-state index contributed by atoms with van der Waals surface area (Å²) in [5.41, 5.74) is 4.15. The lowest BCUT2D eigenvalue weighted by atomic mass is 10.1. The minimum absolute atomic E-state index is 0.148. The highest BCUT2D eigenvalue weighted by molar-refractivity contribution is 5.96. The van der Waals surface area contributed by atoms with Crippen LogP contribution in [0.3, 0.4) is 0 Å². The van der Waals surface area contributed by atoms with Crippen molar-refractivity contribution in [3.63, 3.8) is 0 Å². The highest BCUT2D eigenvalue weighted by Gasteiger charge is 2.21. The predicted molar refractivity (Wildman–Crippen MR) is 91.7 cm³/mol. The van der Waals surface area contributed by atoms with Gasteiger partial charge >= 0.3 is 5.97 Å². The predicted octanol–water partition coefficient (Wildman–Crippen LogP) is 2.46. The number of nitrogens with one attached hydrogen (secondary N) is 1. The molecule has 0 aliphatic heterocycles. The molecule has 0 fully saturated rings. The first-order chi connectivity index (χ1) is 11.3. The van der Waals surface area contributed by atoms with Gasteiger partial charge in [-0.05, 0) is 38.8 Å². The minimum Gasteiger partial charge on any atom is -0.452 e. The molecule has 6 heteroatoms. The number of amides is 1. The van der Waals surface area contributed by atoms with Crippen LogP contribution in [0.5, 0.6) is 0 Å². The Hall–Kier alpha value is -2.63. The molecule has 0 aliphatic rings. The van der Waals surface area contributed by atoms with Crippen LogP contribution in [0, 0.1) is 20.8 Å². The van der Waals surface area contributed by atoms with Gasteiger partial charge in [-0.1, -0.05) is 24.3 Å². The molecule has 0 radical (unpaired) electrons. The van der Waals surface area contributed by atoms with Crippen molar-refractivity contribution in [3.8, 4) is 0 Å². The van der Waals surface area contributed by atoms with E-state index in [1.165, 1.54) is 0 Å². The highest BCUT2D eigenvalue weighted by Crippen LogP contribution is 2.19. The van der Waals surface area contributed by atoms with Crippen molar-refractivity contribution >= 4 is 17.6 Å². The van der Waals surface area contributed by atoms with E-state index in [9.17, 15) is 9.59 Å². The van der Waals surface area contributed by atoms with Gasteiger partial charge in [-0.15, -0.1) is 0 Å². The number of rotatable bonds is 5. The number of hydrogen-bond acceptors (Lipinski definition) is 4. The Kier molecular flexibility index (Phi) is 5.39. The second kappa shape index (κ2) is 7.29. The molecule has 1 N–H and O–H groups in total. The molecule has 0 saturated carbocycles. The first-order valence-corrected chi connectivity index (χ1v) is 7.84. The Morgan fingerprint density at radius 3 is 2.50 bits per heavy atom. The Labute approximate surface area is 141 Å². The van der Waals surface area contributed by atoms with E-state index in [0.29, 0.717) is 5.69 Å². The first kappa shape index (κ1) is 17.7. The van der Waals surface area contributed by atoms with E-state index in [1.54, 1.807) is 11.6 Å². The summed E-state index contributed by atoms with van der Waals surface area (Å²) in [5, 5.41) is 7.02. The third-order valence-electron chi connectivity index (χ3n) is 4.03. The molecule has 1 aromatic carbocycles. The standard InChI is InChI=1S/C18H23N3O3/c1-11-8-6-7-9-15(11)10-16(22)24-14(4)18(23)19-17-12(2)20-21(5)13(17)3/h6-9,14H,10H2,1-5H3,(H,19,23)/t14-/m1/s1. The summed E-state index contributed by atoms with van der Waals surface area (Å²) in [6.07, 6.45) is -0.726. The van der Waals surface area contributed by atoms with Crippen molar-refractivity contribution in [3.05, 3.63) is 46.8 Å². The lowest BCUT2D eigenvalue weighted by Gasteiger charge is -2.14. The quantitative estimate of drug-likeness (QED) is 0.855. The van der Waals surface area contributed by atoms with E-state index in [-0.39, 0.29) is 12.3 Å². The number of ether oxygens (including phenoxy) is 1. The average molecular weight is 329 g/mol. The number of carbonyl (C=O) groups excluding carboxylic acids is 2. The van der Waals surface area contributed by atoms with Crippen LogP contribution in [0.4, 0.5) is 5.69 Å². The monoisotopic (exact) mass is 329 g/mol. The van der Waals surface area contributed by atoms with Gasteiger partial charge < -0.3 is 10.1 Å². The molecular formula is C18H23N3O3. The van der Waals surface area contributed by atoms with E-state index >= 15 is 0 Å². The summed E-state index contributed by atoms with van der Waals surface area (Å²) in [4.78, 5) is 24.3. The van der Waals surface area contributed by atoms with E-state index in [0.717, 1.165) is 22.5 Å². The number of nitrogens with zero attached hydrogens (tertiary/aromatic N) is 2. The topological polar surface area (TPSA) is 73.2 Å². The largest absolute Gasteiger partial charge is 0.452 e. The van der Waals surface area contributed by atoms with Gasteiger partial charge in [0.15, 0.2) is 6.10 Å². The summed E-state index contributed by atoms with van der Waals surface area (Å²) in [7, 11) is 1.81. The lowest BCUT2D eigenvalue weighted by Crippen LogP contribution is -2.30. The molecule has 1 atom stereocenters. The molecule has 6 nitrogen and oxygen atoms in total. The Balaban J connectivity index is 1.96. The Bertz CT molecular complexity index is 765.